The average molecular weight is 130 g/mol. The summed E-state index contributed by atoms with van der Waals surface area (Å²) in [5, 5.41) is 9.10. The lowest BCUT2D eigenvalue weighted by Crippen LogP contribution is -2.31. The first-order chi connectivity index (χ1) is 4.24. The van der Waals surface area contributed by atoms with Crippen LogP contribution < -0.4 is 5.73 Å². The minimum atomic E-state index is -0.149. The first-order valence-corrected chi connectivity index (χ1v) is 3.32. The molecular formula is C6H14N2O. The van der Waals surface area contributed by atoms with Crippen LogP contribution in [0, 0.1) is 0 Å². The smallest absolute Gasteiger partial charge is 0.0682 e. The summed E-state index contributed by atoms with van der Waals surface area (Å²) in [5.74, 6) is 0. The number of likely N-dealkylation sites (N-methyl/N-ethyl adjacent to an activating group) is 1. The summed E-state index contributed by atoms with van der Waals surface area (Å²) in [4.78, 5) is 2.10. The summed E-state index contributed by atoms with van der Waals surface area (Å²) < 4.78 is 0. The molecule has 9 heavy (non-hydrogen) atoms. The van der Waals surface area contributed by atoms with E-state index >= 15 is 0 Å². The molecule has 0 aliphatic carbocycles. The van der Waals surface area contributed by atoms with E-state index in [0.29, 0.717) is 12.6 Å². The molecule has 0 amide bonds. The molecule has 2 atom stereocenters. The fourth-order valence-corrected chi connectivity index (χ4v) is 1.33. The molecule has 1 aliphatic heterocycles. The highest BCUT2D eigenvalue weighted by molar-refractivity contribution is 4.82. The Morgan fingerprint density at radius 3 is 2.67 bits per heavy atom. The largest absolute Gasteiger partial charge is 0.392 e. The van der Waals surface area contributed by atoms with Crippen LogP contribution in [0.1, 0.15) is 6.42 Å². The van der Waals surface area contributed by atoms with E-state index in [0.717, 1.165) is 13.0 Å². The monoisotopic (exact) mass is 130 g/mol. The molecule has 1 saturated heterocycles. The van der Waals surface area contributed by atoms with Crippen molar-refractivity contribution in [1.29, 1.82) is 0 Å². The van der Waals surface area contributed by atoms with Gasteiger partial charge in [0.1, 0.15) is 0 Å². The lowest BCUT2D eigenvalue weighted by atomic mass is 10.2. The van der Waals surface area contributed by atoms with Crippen molar-refractivity contribution < 1.29 is 5.11 Å². The Kier molecular flexibility index (Phi) is 2.05. The molecule has 0 saturated carbocycles. The van der Waals surface area contributed by atoms with Crippen LogP contribution in [0.25, 0.3) is 0 Å². The number of nitrogens with zero attached hydrogens (tertiary/aromatic N) is 1. The number of rotatable bonds is 1. The lowest BCUT2D eigenvalue weighted by Gasteiger charge is -2.15. The highest BCUT2D eigenvalue weighted by atomic mass is 16.3. The second kappa shape index (κ2) is 2.64. The minimum absolute atomic E-state index is 0.149. The molecule has 1 fully saturated rings. The summed E-state index contributed by atoms with van der Waals surface area (Å²) in [6.45, 7) is 1.44. The van der Waals surface area contributed by atoms with Gasteiger partial charge in [-0.3, -0.25) is 4.90 Å². The molecule has 1 heterocycles. The van der Waals surface area contributed by atoms with Gasteiger partial charge in [-0.1, -0.05) is 0 Å². The third kappa shape index (κ3) is 1.41. The molecule has 0 aromatic heterocycles. The quantitative estimate of drug-likeness (QED) is 0.479. The van der Waals surface area contributed by atoms with Crippen LogP contribution in [0.5, 0.6) is 0 Å². The van der Waals surface area contributed by atoms with E-state index in [1.54, 1.807) is 0 Å². The van der Waals surface area contributed by atoms with Gasteiger partial charge >= 0.3 is 0 Å². The van der Waals surface area contributed by atoms with Gasteiger partial charge in [-0.25, -0.2) is 0 Å². The average Bonchev–Trinajstić information content (AvgIpc) is 2.10. The molecule has 0 spiro atoms. The molecule has 0 bridgehead atoms. The number of likely N-dealkylation sites (tertiary alicyclic amines) is 1. The Morgan fingerprint density at radius 1 is 1.78 bits per heavy atom. The fourth-order valence-electron chi connectivity index (χ4n) is 1.33. The molecule has 54 valence electrons. The molecule has 1 rings (SSSR count). The van der Waals surface area contributed by atoms with E-state index in [9.17, 15) is 0 Å². The van der Waals surface area contributed by atoms with Crippen molar-refractivity contribution in [2.24, 2.45) is 5.73 Å². The standard InChI is InChI=1S/C6H14N2O/c1-8-4-6(9)2-5(8)3-7/h5-6,9H,2-4,7H2,1H3/t5-,6+/m1/s1. The number of hydrogen-bond donors (Lipinski definition) is 2. The molecule has 0 aromatic rings. The van der Waals surface area contributed by atoms with Crippen LogP contribution >= 0.6 is 0 Å². The zero-order valence-electron chi connectivity index (χ0n) is 5.75. The van der Waals surface area contributed by atoms with E-state index in [2.05, 4.69) is 4.90 Å². The van der Waals surface area contributed by atoms with Crippen molar-refractivity contribution in [2.75, 3.05) is 20.1 Å². The van der Waals surface area contributed by atoms with Crippen molar-refractivity contribution >= 4 is 0 Å². The van der Waals surface area contributed by atoms with Crippen LogP contribution in [0.2, 0.25) is 0 Å². The van der Waals surface area contributed by atoms with Gasteiger partial charge in [0.05, 0.1) is 6.10 Å². The zero-order chi connectivity index (χ0) is 6.85. The molecule has 0 radical (unpaired) electrons. The Hall–Kier alpha value is -0.120. The van der Waals surface area contributed by atoms with Gasteiger partial charge < -0.3 is 10.8 Å². The number of β-amino-alcohol motifs (C(OH)–C–C–N with tert-alkyl or cyclic N) is 1. The highest BCUT2D eigenvalue weighted by Gasteiger charge is 2.26. The van der Waals surface area contributed by atoms with E-state index in [1.807, 2.05) is 7.05 Å². The number of nitrogens with two attached hydrogens (primary N) is 1. The Labute approximate surface area is 55.5 Å². The number of aliphatic hydroxyl groups is 1. The maximum absolute atomic E-state index is 9.10. The molecule has 3 nitrogen and oxygen atoms in total. The van der Waals surface area contributed by atoms with Crippen LogP contribution in [0.15, 0.2) is 0 Å². The third-order valence-electron chi connectivity index (χ3n) is 1.94. The summed E-state index contributed by atoms with van der Waals surface area (Å²) in [6.07, 6.45) is 0.691. The maximum atomic E-state index is 9.10. The predicted octanol–water partition coefficient (Wildman–Crippen LogP) is -0.990. The third-order valence-corrected chi connectivity index (χ3v) is 1.94. The lowest BCUT2D eigenvalue weighted by molar-refractivity contribution is 0.182. The van der Waals surface area contributed by atoms with Crippen LogP contribution in [0.4, 0.5) is 0 Å². The van der Waals surface area contributed by atoms with Gasteiger partial charge in [-0.05, 0) is 13.5 Å². The number of aliphatic hydroxyl groups excluding tert-OH is 1. The van der Waals surface area contributed by atoms with Crippen molar-refractivity contribution in [3.05, 3.63) is 0 Å². The van der Waals surface area contributed by atoms with Gasteiger partial charge in [-0.15, -0.1) is 0 Å². The van der Waals surface area contributed by atoms with E-state index < -0.39 is 0 Å². The number of hydrogen-bond acceptors (Lipinski definition) is 3. The maximum Gasteiger partial charge on any atom is 0.0682 e. The van der Waals surface area contributed by atoms with Gasteiger partial charge in [0.2, 0.25) is 0 Å². The van der Waals surface area contributed by atoms with Gasteiger partial charge in [0, 0.05) is 19.1 Å². The van der Waals surface area contributed by atoms with E-state index in [-0.39, 0.29) is 6.10 Å². The SMILES string of the molecule is CN1C[C@@H](O)C[C@@H]1CN. The molecule has 0 aromatic carbocycles. The van der Waals surface area contributed by atoms with Gasteiger partial charge in [0.15, 0.2) is 0 Å². The van der Waals surface area contributed by atoms with Crippen LogP contribution in [-0.2, 0) is 0 Å². The van der Waals surface area contributed by atoms with Crippen LogP contribution in [-0.4, -0.2) is 42.3 Å². The van der Waals surface area contributed by atoms with Gasteiger partial charge in [-0.2, -0.15) is 0 Å². The summed E-state index contributed by atoms with van der Waals surface area (Å²) in [5.41, 5.74) is 5.43. The minimum Gasteiger partial charge on any atom is -0.392 e. The van der Waals surface area contributed by atoms with Crippen molar-refractivity contribution in [3.8, 4) is 0 Å². The van der Waals surface area contributed by atoms with Crippen molar-refractivity contribution in [3.63, 3.8) is 0 Å². The molecule has 1 aliphatic rings. The molecule has 0 unspecified atom stereocenters. The first kappa shape index (κ1) is 6.99. The normalized spacial score (nSPS) is 37.7. The summed E-state index contributed by atoms with van der Waals surface area (Å²) in [6, 6.07) is 0.403. The second-order valence-corrected chi connectivity index (χ2v) is 2.72. The van der Waals surface area contributed by atoms with Gasteiger partial charge in [0.25, 0.3) is 0 Å². The second-order valence-electron chi connectivity index (χ2n) is 2.72. The Balaban J connectivity index is 2.38. The highest BCUT2D eigenvalue weighted by Crippen LogP contribution is 2.13. The van der Waals surface area contributed by atoms with Crippen molar-refractivity contribution in [2.45, 2.75) is 18.6 Å². The Morgan fingerprint density at radius 2 is 2.44 bits per heavy atom. The fraction of sp³-hybridized carbons (Fsp3) is 1.00. The summed E-state index contributed by atoms with van der Waals surface area (Å²) >= 11 is 0. The van der Waals surface area contributed by atoms with Crippen LogP contribution in [0.3, 0.4) is 0 Å². The summed E-state index contributed by atoms with van der Waals surface area (Å²) in [7, 11) is 1.99. The van der Waals surface area contributed by atoms with Crippen molar-refractivity contribution in [1.82, 2.24) is 4.90 Å². The molecular weight excluding hydrogens is 116 g/mol. The first-order valence-electron chi connectivity index (χ1n) is 3.32. The van der Waals surface area contributed by atoms with E-state index in [4.69, 9.17) is 10.8 Å². The Bertz CT molecular complexity index is 97.1. The topological polar surface area (TPSA) is 49.5 Å². The molecule has 3 N–H and O–H groups in total. The molecule has 3 heteroatoms. The van der Waals surface area contributed by atoms with E-state index in [1.165, 1.54) is 0 Å². The zero-order valence-corrected chi connectivity index (χ0v) is 5.75. The predicted molar refractivity (Wildman–Crippen MR) is 36.1 cm³/mol.